The predicted octanol–water partition coefficient (Wildman–Crippen LogP) is 5.41. The molecule has 1 unspecified atom stereocenters. The SMILES string of the molecule is CCCCNC(=O)C(Cc1ccccc1)N(Cc1ccccc1C)C(=O)CCCN(c1cccc(C)c1)S(C)(=O)=O. The molecule has 7 nitrogen and oxygen atoms in total. The van der Waals surface area contributed by atoms with Crippen molar-refractivity contribution in [3.8, 4) is 0 Å². The number of nitrogens with zero attached hydrogens (tertiary/aromatic N) is 2. The van der Waals surface area contributed by atoms with Gasteiger partial charge in [-0.3, -0.25) is 13.9 Å². The zero-order chi connectivity index (χ0) is 29.8. The number of rotatable bonds is 15. The van der Waals surface area contributed by atoms with Crippen LogP contribution in [0.2, 0.25) is 0 Å². The van der Waals surface area contributed by atoms with Crippen molar-refractivity contribution in [2.24, 2.45) is 0 Å². The molecule has 0 aliphatic heterocycles. The fraction of sp³-hybridized carbons (Fsp3) is 0.394. The van der Waals surface area contributed by atoms with E-state index in [1.165, 1.54) is 10.6 Å². The smallest absolute Gasteiger partial charge is 0.243 e. The van der Waals surface area contributed by atoms with Gasteiger partial charge in [-0.15, -0.1) is 0 Å². The van der Waals surface area contributed by atoms with E-state index in [4.69, 9.17) is 0 Å². The summed E-state index contributed by atoms with van der Waals surface area (Å²) in [5.74, 6) is -0.362. The van der Waals surface area contributed by atoms with Gasteiger partial charge < -0.3 is 10.2 Å². The second-order valence-corrected chi connectivity index (χ2v) is 12.5. The molecular weight excluding hydrogens is 534 g/mol. The molecule has 0 aromatic heterocycles. The van der Waals surface area contributed by atoms with Crippen molar-refractivity contribution in [1.82, 2.24) is 10.2 Å². The average Bonchev–Trinajstić information content (AvgIpc) is 2.93. The van der Waals surface area contributed by atoms with Gasteiger partial charge in [0.1, 0.15) is 6.04 Å². The Labute approximate surface area is 245 Å². The lowest BCUT2D eigenvalue weighted by Crippen LogP contribution is -2.50. The number of hydrogen-bond acceptors (Lipinski definition) is 4. The molecule has 3 rings (SSSR count). The van der Waals surface area contributed by atoms with Gasteiger partial charge in [-0.2, -0.15) is 0 Å². The van der Waals surface area contributed by atoms with E-state index in [0.717, 1.165) is 35.1 Å². The summed E-state index contributed by atoms with van der Waals surface area (Å²) in [6.45, 7) is 6.98. The number of anilines is 1. The molecule has 1 N–H and O–H groups in total. The minimum absolute atomic E-state index is 0.108. The van der Waals surface area contributed by atoms with Crippen LogP contribution in [-0.4, -0.2) is 50.5 Å². The number of aryl methyl sites for hydroxylation is 2. The normalized spacial score (nSPS) is 12.0. The number of carbonyl (C=O) groups is 2. The third kappa shape index (κ3) is 9.74. The van der Waals surface area contributed by atoms with Gasteiger partial charge >= 0.3 is 0 Å². The maximum absolute atomic E-state index is 13.9. The van der Waals surface area contributed by atoms with Crippen LogP contribution in [-0.2, 0) is 32.6 Å². The summed E-state index contributed by atoms with van der Waals surface area (Å²) in [6, 6.07) is 24.2. The number of hydrogen-bond donors (Lipinski definition) is 1. The summed E-state index contributed by atoms with van der Waals surface area (Å²) in [5.41, 5.74) is 4.51. The molecule has 41 heavy (non-hydrogen) atoms. The van der Waals surface area contributed by atoms with E-state index < -0.39 is 16.1 Å². The minimum Gasteiger partial charge on any atom is -0.354 e. The predicted molar refractivity (Wildman–Crippen MR) is 166 cm³/mol. The van der Waals surface area contributed by atoms with Gasteiger partial charge in [0.25, 0.3) is 0 Å². The van der Waals surface area contributed by atoms with E-state index in [9.17, 15) is 18.0 Å². The average molecular weight is 578 g/mol. The number of unbranched alkanes of at least 4 members (excludes halogenated alkanes) is 1. The molecule has 1 atom stereocenters. The Bertz CT molecular complexity index is 1390. The fourth-order valence-corrected chi connectivity index (χ4v) is 5.78. The second kappa shape index (κ2) is 15.4. The Hall–Kier alpha value is -3.65. The lowest BCUT2D eigenvalue weighted by molar-refractivity contribution is -0.141. The number of nitrogens with one attached hydrogen (secondary N) is 1. The molecule has 0 radical (unpaired) electrons. The summed E-state index contributed by atoms with van der Waals surface area (Å²) in [4.78, 5) is 29.2. The van der Waals surface area contributed by atoms with Crippen molar-refractivity contribution in [3.05, 3.63) is 101 Å². The highest BCUT2D eigenvalue weighted by molar-refractivity contribution is 7.92. The van der Waals surface area contributed by atoms with Gasteiger partial charge in [-0.25, -0.2) is 8.42 Å². The number of carbonyl (C=O) groups excluding carboxylic acids is 2. The summed E-state index contributed by atoms with van der Waals surface area (Å²) < 4.78 is 26.6. The van der Waals surface area contributed by atoms with Crippen molar-refractivity contribution in [2.75, 3.05) is 23.7 Å². The summed E-state index contributed by atoms with van der Waals surface area (Å²) in [7, 11) is -3.55. The monoisotopic (exact) mass is 577 g/mol. The molecule has 0 aliphatic carbocycles. The molecule has 0 spiro atoms. The van der Waals surface area contributed by atoms with Crippen molar-refractivity contribution < 1.29 is 18.0 Å². The topological polar surface area (TPSA) is 86.8 Å². The van der Waals surface area contributed by atoms with Crippen LogP contribution in [0.1, 0.15) is 54.9 Å². The Morgan fingerprint density at radius 3 is 2.27 bits per heavy atom. The molecule has 220 valence electrons. The van der Waals surface area contributed by atoms with Gasteiger partial charge in [0.05, 0.1) is 11.9 Å². The van der Waals surface area contributed by atoms with Crippen LogP contribution in [0.4, 0.5) is 5.69 Å². The first kappa shape index (κ1) is 31.9. The molecule has 3 aromatic rings. The van der Waals surface area contributed by atoms with Gasteiger partial charge in [0.15, 0.2) is 0 Å². The Kier molecular flexibility index (Phi) is 12.0. The maximum Gasteiger partial charge on any atom is 0.243 e. The van der Waals surface area contributed by atoms with Gasteiger partial charge in [-0.05, 0) is 61.1 Å². The van der Waals surface area contributed by atoms with Crippen molar-refractivity contribution in [3.63, 3.8) is 0 Å². The van der Waals surface area contributed by atoms with Crippen LogP contribution in [0, 0.1) is 13.8 Å². The molecule has 0 aliphatic rings. The zero-order valence-electron chi connectivity index (χ0n) is 24.7. The maximum atomic E-state index is 13.9. The molecule has 2 amide bonds. The van der Waals surface area contributed by atoms with E-state index in [-0.39, 0.29) is 31.3 Å². The number of sulfonamides is 1. The van der Waals surface area contributed by atoms with Crippen molar-refractivity contribution in [1.29, 1.82) is 0 Å². The van der Waals surface area contributed by atoms with E-state index >= 15 is 0 Å². The third-order valence-electron chi connectivity index (χ3n) is 7.14. The first-order chi connectivity index (χ1) is 19.6. The quantitative estimate of drug-likeness (QED) is 0.245. The highest BCUT2D eigenvalue weighted by Crippen LogP contribution is 2.22. The summed E-state index contributed by atoms with van der Waals surface area (Å²) in [5, 5.41) is 3.04. The fourth-order valence-electron chi connectivity index (χ4n) is 4.82. The van der Waals surface area contributed by atoms with Crippen LogP contribution in [0.3, 0.4) is 0 Å². The van der Waals surface area contributed by atoms with E-state index in [1.807, 2.05) is 86.6 Å². The molecule has 8 heteroatoms. The number of amides is 2. The summed E-state index contributed by atoms with van der Waals surface area (Å²) >= 11 is 0. The molecule has 0 saturated heterocycles. The molecule has 0 fully saturated rings. The zero-order valence-corrected chi connectivity index (χ0v) is 25.5. The number of benzene rings is 3. The van der Waals surface area contributed by atoms with E-state index in [0.29, 0.717) is 25.1 Å². The van der Waals surface area contributed by atoms with Crippen molar-refractivity contribution >= 4 is 27.5 Å². The van der Waals surface area contributed by atoms with Crippen LogP contribution in [0.5, 0.6) is 0 Å². The molecule has 0 heterocycles. The van der Waals surface area contributed by atoms with Crippen molar-refractivity contribution in [2.45, 2.75) is 65.5 Å². The lowest BCUT2D eigenvalue weighted by Gasteiger charge is -2.32. The van der Waals surface area contributed by atoms with E-state index in [2.05, 4.69) is 12.2 Å². The Morgan fingerprint density at radius 2 is 1.61 bits per heavy atom. The van der Waals surface area contributed by atoms with E-state index in [1.54, 1.807) is 11.0 Å². The van der Waals surface area contributed by atoms with Gasteiger partial charge in [0.2, 0.25) is 21.8 Å². The third-order valence-corrected chi connectivity index (χ3v) is 8.34. The highest BCUT2D eigenvalue weighted by atomic mass is 32.2. The first-order valence-corrected chi connectivity index (χ1v) is 16.1. The standard InChI is InChI=1S/C33H43N3O4S/c1-5-6-21-34-33(38)31(24-28-16-8-7-9-17-28)35(25-29-18-11-10-15-27(29)3)32(37)20-13-22-36(41(4,39)40)30-19-12-14-26(2)23-30/h7-12,14-19,23,31H,5-6,13,20-22,24-25H2,1-4H3,(H,34,38). The highest BCUT2D eigenvalue weighted by Gasteiger charge is 2.30. The van der Waals surface area contributed by atoms with Crippen LogP contribution < -0.4 is 9.62 Å². The molecule has 0 bridgehead atoms. The summed E-state index contributed by atoms with van der Waals surface area (Å²) in [6.07, 6.45) is 3.80. The molecular formula is C33H43N3O4S. The molecule has 0 saturated carbocycles. The largest absolute Gasteiger partial charge is 0.354 e. The van der Waals surface area contributed by atoms with Crippen LogP contribution in [0.15, 0.2) is 78.9 Å². The minimum atomic E-state index is -3.55. The van der Waals surface area contributed by atoms with Crippen LogP contribution in [0.25, 0.3) is 0 Å². The molecule has 3 aromatic carbocycles. The van der Waals surface area contributed by atoms with Gasteiger partial charge in [0, 0.05) is 32.5 Å². The van der Waals surface area contributed by atoms with Crippen LogP contribution >= 0.6 is 0 Å². The lowest BCUT2D eigenvalue weighted by atomic mass is 10.0. The Morgan fingerprint density at radius 1 is 0.902 bits per heavy atom. The van der Waals surface area contributed by atoms with Gasteiger partial charge in [-0.1, -0.05) is 80.1 Å². The first-order valence-electron chi connectivity index (χ1n) is 14.3. The second-order valence-electron chi connectivity index (χ2n) is 10.6. The Balaban J connectivity index is 1.88.